The van der Waals surface area contributed by atoms with Crippen molar-refractivity contribution in [3.05, 3.63) is 58.1 Å². The van der Waals surface area contributed by atoms with Gasteiger partial charge in [0.15, 0.2) is 6.10 Å². The van der Waals surface area contributed by atoms with Crippen LogP contribution in [0.25, 0.3) is 0 Å². The summed E-state index contributed by atoms with van der Waals surface area (Å²) in [6, 6.07) is 11.6. The lowest BCUT2D eigenvalue weighted by Gasteiger charge is -2.15. The third kappa shape index (κ3) is 6.27. The van der Waals surface area contributed by atoms with E-state index >= 15 is 0 Å². The lowest BCUT2D eigenvalue weighted by Crippen LogP contribution is -2.30. The van der Waals surface area contributed by atoms with Crippen molar-refractivity contribution in [3.63, 3.8) is 0 Å². The van der Waals surface area contributed by atoms with Gasteiger partial charge in [0.1, 0.15) is 0 Å². The van der Waals surface area contributed by atoms with E-state index in [9.17, 15) is 14.4 Å². The molecule has 0 saturated heterocycles. The average molecular weight is 409 g/mol. The number of hydrogen-bond acceptors (Lipinski definition) is 4. The van der Waals surface area contributed by atoms with Crippen LogP contribution in [0.2, 0.25) is 10.0 Å². The topological polar surface area (TPSA) is 84.5 Å². The first-order valence-corrected chi connectivity index (χ1v) is 8.82. The van der Waals surface area contributed by atoms with Crippen LogP contribution in [0.5, 0.6) is 0 Å². The molecule has 2 amide bonds. The van der Waals surface area contributed by atoms with E-state index in [0.717, 1.165) is 0 Å². The van der Waals surface area contributed by atoms with Crippen LogP contribution in [-0.2, 0) is 25.5 Å². The number of benzene rings is 2. The van der Waals surface area contributed by atoms with Gasteiger partial charge in [-0.1, -0.05) is 41.4 Å². The first kappa shape index (κ1) is 20.7. The Labute approximate surface area is 166 Å². The number of esters is 1. The summed E-state index contributed by atoms with van der Waals surface area (Å²) in [6.45, 7) is 2.87. The van der Waals surface area contributed by atoms with Crippen molar-refractivity contribution in [2.45, 2.75) is 26.4 Å². The van der Waals surface area contributed by atoms with E-state index in [1.807, 2.05) is 0 Å². The third-order valence-corrected chi connectivity index (χ3v) is 4.14. The van der Waals surface area contributed by atoms with Crippen LogP contribution in [0, 0.1) is 0 Å². The lowest BCUT2D eigenvalue weighted by atomic mass is 10.1. The molecule has 0 unspecified atom stereocenters. The molecule has 2 aromatic carbocycles. The Bertz CT molecular complexity index is 833. The van der Waals surface area contributed by atoms with Gasteiger partial charge in [0.2, 0.25) is 5.91 Å². The van der Waals surface area contributed by atoms with Crippen molar-refractivity contribution < 1.29 is 19.1 Å². The van der Waals surface area contributed by atoms with E-state index in [2.05, 4.69) is 10.6 Å². The van der Waals surface area contributed by atoms with Gasteiger partial charge in [-0.05, 0) is 36.8 Å². The van der Waals surface area contributed by atoms with Gasteiger partial charge >= 0.3 is 5.97 Å². The Morgan fingerprint density at radius 1 is 1.00 bits per heavy atom. The average Bonchev–Trinajstić information content (AvgIpc) is 2.59. The molecule has 6 nitrogen and oxygen atoms in total. The van der Waals surface area contributed by atoms with Crippen molar-refractivity contribution in [3.8, 4) is 0 Å². The van der Waals surface area contributed by atoms with Gasteiger partial charge in [0, 0.05) is 12.6 Å². The quantitative estimate of drug-likeness (QED) is 0.705. The summed E-state index contributed by atoms with van der Waals surface area (Å²) in [6.07, 6.45) is -1.03. The molecule has 0 spiro atoms. The maximum absolute atomic E-state index is 12.2. The zero-order valence-electron chi connectivity index (χ0n) is 14.7. The molecule has 0 heterocycles. The summed E-state index contributed by atoms with van der Waals surface area (Å²) in [4.78, 5) is 35.3. The smallest absolute Gasteiger partial charge is 0.311 e. The SMILES string of the molecule is CC(=O)Nc1ccc(CC(=O)O[C@H](C)C(=O)Nc2c(Cl)cccc2Cl)cc1. The number of para-hydroxylation sites is 1. The van der Waals surface area contributed by atoms with Crippen LogP contribution in [0.15, 0.2) is 42.5 Å². The molecule has 0 aromatic heterocycles. The minimum absolute atomic E-state index is 0.00911. The predicted octanol–water partition coefficient (Wildman–Crippen LogP) is 4.06. The van der Waals surface area contributed by atoms with E-state index in [0.29, 0.717) is 11.3 Å². The van der Waals surface area contributed by atoms with Gasteiger partial charge in [0.25, 0.3) is 5.91 Å². The summed E-state index contributed by atoms with van der Waals surface area (Å²) >= 11 is 12.0. The van der Waals surface area contributed by atoms with E-state index in [1.54, 1.807) is 42.5 Å². The predicted molar refractivity (Wildman–Crippen MR) is 105 cm³/mol. The van der Waals surface area contributed by atoms with Crippen LogP contribution in [0.3, 0.4) is 0 Å². The summed E-state index contributed by atoms with van der Waals surface area (Å²) in [5.74, 6) is -1.28. The van der Waals surface area contributed by atoms with Crippen molar-refractivity contribution in [2.24, 2.45) is 0 Å². The van der Waals surface area contributed by atoms with Crippen LogP contribution < -0.4 is 10.6 Å². The second kappa shape index (κ2) is 9.39. The molecule has 0 radical (unpaired) electrons. The van der Waals surface area contributed by atoms with E-state index in [1.165, 1.54) is 13.8 Å². The van der Waals surface area contributed by atoms with Crippen molar-refractivity contribution in [2.75, 3.05) is 10.6 Å². The lowest BCUT2D eigenvalue weighted by molar-refractivity contribution is -0.152. The van der Waals surface area contributed by atoms with Crippen molar-refractivity contribution in [1.82, 2.24) is 0 Å². The fourth-order valence-electron chi connectivity index (χ4n) is 2.21. The number of halogens is 2. The molecular formula is C19H18Cl2N2O4. The number of carbonyl (C=O) groups is 3. The normalized spacial score (nSPS) is 11.4. The van der Waals surface area contributed by atoms with Gasteiger partial charge in [0.05, 0.1) is 22.2 Å². The highest BCUT2D eigenvalue weighted by Gasteiger charge is 2.20. The van der Waals surface area contributed by atoms with E-state index < -0.39 is 18.0 Å². The molecule has 0 aliphatic heterocycles. The zero-order valence-corrected chi connectivity index (χ0v) is 16.2. The molecule has 2 rings (SSSR count). The monoisotopic (exact) mass is 408 g/mol. The maximum Gasteiger partial charge on any atom is 0.311 e. The Kier molecular flexibility index (Phi) is 7.21. The molecule has 27 heavy (non-hydrogen) atoms. The Hall–Kier alpha value is -2.57. The largest absolute Gasteiger partial charge is 0.452 e. The maximum atomic E-state index is 12.2. The highest BCUT2D eigenvalue weighted by atomic mass is 35.5. The van der Waals surface area contributed by atoms with Gasteiger partial charge < -0.3 is 15.4 Å². The number of amides is 2. The molecule has 0 aliphatic carbocycles. The molecule has 2 N–H and O–H groups in total. The number of anilines is 2. The van der Waals surface area contributed by atoms with Crippen molar-refractivity contribution >= 4 is 52.4 Å². The van der Waals surface area contributed by atoms with Crippen LogP contribution >= 0.6 is 23.2 Å². The van der Waals surface area contributed by atoms with Crippen molar-refractivity contribution in [1.29, 1.82) is 0 Å². The highest BCUT2D eigenvalue weighted by molar-refractivity contribution is 6.39. The molecule has 8 heteroatoms. The third-order valence-electron chi connectivity index (χ3n) is 3.51. The van der Waals surface area contributed by atoms with E-state index in [-0.39, 0.29) is 28.1 Å². The Balaban J connectivity index is 1.91. The van der Waals surface area contributed by atoms with Gasteiger partial charge in [-0.15, -0.1) is 0 Å². The van der Waals surface area contributed by atoms with Gasteiger partial charge in [-0.2, -0.15) is 0 Å². The second-order valence-electron chi connectivity index (χ2n) is 5.77. The molecule has 0 saturated carbocycles. The van der Waals surface area contributed by atoms with Crippen LogP contribution in [-0.4, -0.2) is 23.9 Å². The fraction of sp³-hybridized carbons (Fsp3) is 0.211. The molecule has 142 valence electrons. The number of ether oxygens (including phenoxy) is 1. The molecular weight excluding hydrogens is 391 g/mol. The Morgan fingerprint density at radius 2 is 1.59 bits per heavy atom. The Morgan fingerprint density at radius 3 is 2.15 bits per heavy atom. The molecule has 2 aromatic rings. The number of carbonyl (C=O) groups excluding carboxylic acids is 3. The number of hydrogen-bond donors (Lipinski definition) is 2. The summed E-state index contributed by atoms with van der Waals surface area (Å²) in [5.41, 5.74) is 1.59. The molecule has 1 atom stereocenters. The molecule has 0 aliphatic rings. The minimum atomic E-state index is -1.02. The summed E-state index contributed by atoms with van der Waals surface area (Å²) in [7, 11) is 0. The van der Waals surface area contributed by atoms with E-state index in [4.69, 9.17) is 27.9 Å². The van der Waals surface area contributed by atoms with Gasteiger partial charge in [-0.25, -0.2) is 0 Å². The first-order chi connectivity index (χ1) is 12.8. The van der Waals surface area contributed by atoms with Gasteiger partial charge in [-0.3, -0.25) is 14.4 Å². The standard InChI is InChI=1S/C19H18Cl2N2O4/c1-11(19(26)23-18-15(20)4-3-5-16(18)21)27-17(25)10-13-6-8-14(9-7-13)22-12(2)24/h3-9,11H,10H2,1-2H3,(H,22,24)(H,23,26)/t11-/m1/s1. The molecule has 0 fully saturated rings. The zero-order chi connectivity index (χ0) is 20.0. The summed E-state index contributed by atoms with van der Waals surface area (Å²) in [5, 5.41) is 5.76. The molecule has 0 bridgehead atoms. The summed E-state index contributed by atoms with van der Waals surface area (Å²) < 4.78 is 5.16. The van der Waals surface area contributed by atoms with Crippen LogP contribution in [0.1, 0.15) is 19.4 Å². The number of nitrogens with one attached hydrogen (secondary N) is 2. The minimum Gasteiger partial charge on any atom is -0.452 e. The number of rotatable bonds is 6. The highest BCUT2D eigenvalue weighted by Crippen LogP contribution is 2.29. The fourth-order valence-corrected chi connectivity index (χ4v) is 2.70. The second-order valence-corrected chi connectivity index (χ2v) is 6.59. The van der Waals surface area contributed by atoms with Crippen LogP contribution in [0.4, 0.5) is 11.4 Å². The first-order valence-electron chi connectivity index (χ1n) is 8.07.